The predicted molar refractivity (Wildman–Crippen MR) is 120 cm³/mol. The molecule has 5 nitrogen and oxygen atoms in total. The third-order valence-electron chi connectivity index (χ3n) is 4.27. The van der Waals surface area contributed by atoms with Crippen molar-refractivity contribution < 1.29 is 4.79 Å². The molecule has 0 atom stereocenters. The first-order valence-corrected chi connectivity index (χ1v) is 10.6. The van der Waals surface area contributed by atoms with Crippen LogP contribution in [0.1, 0.15) is 37.0 Å². The van der Waals surface area contributed by atoms with Gasteiger partial charge in [0.15, 0.2) is 5.01 Å². The van der Waals surface area contributed by atoms with Gasteiger partial charge >= 0.3 is 0 Å². The van der Waals surface area contributed by atoms with E-state index < -0.39 is 0 Å². The summed E-state index contributed by atoms with van der Waals surface area (Å²) >= 11 is 7.64. The minimum Gasteiger partial charge on any atom is -0.304 e. The Labute approximate surface area is 179 Å². The monoisotopic (exact) mass is 426 g/mol. The van der Waals surface area contributed by atoms with Crippen LogP contribution in [0.3, 0.4) is 0 Å². The number of amides is 1. The van der Waals surface area contributed by atoms with Gasteiger partial charge in [0, 0.05) is 23.5 Å². The summed E-state index contributed by atoms with van der Waals surface area (Å²) in [7, 11) is 0. The van der Waals surface area contributed by atoms with Gasteiger partial charge in [0.25, 0.3) is 5.91 Å². The molecule has 0 fully saturated rings. The first kappa shape index (κ1) is 21.0. The van der Waals surface area contributed by atoms with Crippen LogP contribution >= 0.6 is 22.9 Å². The minimum absolute atomic E-state index is 0.0714. The number of fused-ring (bicyclic) bond motifs is 1. The van der Waals surface area contributed by atoms with E-state index in [0.29, 0.717) is 20.7 Å². The van der Waals surface area contributed by atoms with Crippen LogP contribution < -0.4 is 0 Å². The Bertz CT molecular complexity index is 1090. The standard InChI is InChI=1S/C22H23ClN4OS/c1-5-6-7-8-11-16(4)27(15(2)3)22(28)21-25-19(20(23)29-21)17-14-24-26-13-10-9-12-18(17)26/h6-15H,4-5H2,1-3H3. The van der Waals surface area contributed by atoms with Gasteiger partial charge in [0.2, 0.25) is 0 Å². The van der Waals surface area contributed by atoms with E-state index in [9.17, 15) is 4.79 Å². The zero-order chi connectivity index (χ0) is 21.0. The van der Waals surface area contributed by atoms with Crippen molar-refractivity contribution in [3.63, 3.8) is 0 Å². The van der Waals surface area contributed by atoms with Gasteiger partial charge in [-0.25, -0.2) is 9.50 Å². The summed E-state index contributed by atoms with van der Waals surface area (Å²) in [6.45, 7) is 10.0. The fourth-order valence-electron chi connectivity index (χ4n) is 2.94. The molecule has 3 rings (SSSR count). The molecule has 7 heteroatoms. The van der Waals surface area contributed by atoms with Gasteiger partial charge in [-0.1, -0.05) is 60.7 Å². The van der Waals surface area contributed by atoms with Gasteiger partial charge in [0.05, 0.1) is 11.7 Å². The molecule has 0 aliphatic heterocycles. The lowest BCUT2D eigenvalue weighted by Gasteiger charge is -2.26. The van der Waals surface area contributed by atoms with E-state index in [1.807, 2.05) is 62.5 Å². The highest BCUT2D eigenvalue weighted by molar-refractivity contribution is 7.18. The Hall–Kier alpha value is -2.70. The third-order valence-corrected chi connectivity index (χ3v) is 5.51. The molecular weight excluding hydrogens is 404 g/mol. The van der Waals surface area contributed by atoms with Crippen LogP contribution in [0.2, 0.25) is 4.34 Å². The molecule has 3 aromatic rings. The van der Waals surface area contributed by atoms with Gasteiger partial charge in [0.1, 0.15) is 10.0 Å². The zero-order valence-electron chi connectivity index (χ0n) is 16.7. The predicted octanol–water partition coefficient (Wildman–Crippen LogP) is 6.00. The first-order chi connectivity index (χ1) is 13.9. The van der Waals surface area contributed by atoms with Crippen LogP contribution in [-0.4, -0.2) is 31.4 Å². The molecule has 0 N–H and O–H groups in total. The Morgan fingerprint density at radius 3 is 2.90 bits per heavy atom. The average molecular weight is 427 g/mol. The number of rotatable bonds is 7. The van der Waals surface area contributed by atoms with Crippen LogP contribution in [0.25, 0.3) is 16.8 Å². The van der Waals surface area contributed by atoms with E-state index in [4.69, 9.17) is 11.6 Å². The van der Waals surface area contributed by atoms with Crippen molar-refractivity contribution in [2.24, 2.45) is 0 Å². The number of allylic oxidation sites excluding steroid dienone is 4. The average Bonchev–Trinajstić information content (AvgIpc) is 3.28. The molecule has 0 spiro atoms. The number of carbonyl (C=O) groups is 1. The van der Waals surface area contributed by atoms with Crippen LogP contribution in [0, 0.1) is 0 Å². The number of hydrogen-bond donors (Lipinski definition) is 0. The van der Waals surface area contributed by atoms with E-state index >= 15 is 0 Å². The maximum atomic E-state index is 13.2. The highest BCUT2D eigenvalue weighted by Gasteiger charge is 2.26. The summed E-state index contributed by atoms with van der Waals surface area (Å²) in [5, 5.41) is 4.65. The lowest BCUT2D eigenvalue weighted by molar-refractivity contribution is 0.0774. The van der Waals surface area contributed by atoms with Gasteiger partial charge < -0.3 is 4.90 Å². The third kappa shape index (κ3) is 4.49. The topological polar surface area (TPSA) is 50.5 Å². The summed E-state index contributed by atoms with van der Waals surface area (Å²) in [6, 6.07) is 5.70. The second-order valence-electron chi connectivity index (χ2n) is 6.69. The summed E-state index contributed by atoms with van der Waals surface area (Å²) in [5.41, 5.74) is 2.85. The van der Waals surface area contributed by atoms with Gasteiger partial charge in [-0.2, -0.15) is 5.10 Å². The number of aromatic nitrogens is 3. The molecule has 0 saturated carbocycles. The smallest absolute Gasteiger partial charge is 0.287 e. The highest BCUT2D eigenvalue weighted by atomic mass is 35.5. The van der Waals surface area contributed by atoms with E-state index in [1.54, 1.807) is 15.6 Å². The van der Waals surface area contributed by atoms with Gasteiger partial charge in [-0.15, -0.1) is 0 Å². The molecule has 0 radical (unpaired) electrons. The molecule has 3 aromatic heterocycles. The molecule has 3 heterocycles. The number of thiazole rings is 1. The first-order valence-electron chi connectivity index (χ1n) is 9.38. The molecule has 0 aromatic carbocycles. The highest BCUT2D eigenvalue weighted by Crippen LogP contribution is 2.35. The van der Waals surface area contributed by atoms with Gasteiger partial charge in [-0.3, -0.25) is 4.79 Å². The molecule has 0 aliphatic carbocycles. The maximum absolute atomic E-state index is 13.2. The Morgan fingerprint density at radius 1 is 1.38 bits per heavy atom. The van der Waals surface area contributed by atoms with E-state index in [1.165, 1.54) is 11.3 Å². The molecule has 0 saturated heterocycles. The van der Waals surface area contributed by atoms with Crippen LogP contribution in [0.5, 0.6) is 0 Å². The molecule has 0 bridgehead atoms. The van der Waals surface area contributed by atoms with E-state index in [2.05, 4.69) is 23.6 Å². The fourth-order valence-corrected chi connectivity index (χ4v) is 4.05. The summed E-state index contributed by atoms with van der Waals surface area (Å²) in [5.74, 6) is -0.219. The van der Waals surface area contributed by atoms with E-state index in [0.717, 1.165) is 17.5 Å². The van der Waals surface area contributed by atoms with Crippen molar-refractivity contribution >= 4 is 34.4 Å². The number of carbonyl (C=O) groups excluding carboxylic acids is 1. The summed E-state index contributed by atoms with van der Waals surface area (Å²) in [4.78, 5) is 19.4. The lowest BCUT2D eigenvalue weighted by Crippen LogP contribution is -2.35. The molecular formula is C22H23ClN4OS. The largest absolute Gasteiger partial charge is 0.304 e. The number of nitrogens with zero attached hydrogens (tertiary/aromatic N) is 4. The maximum Gasteiger partial charge on any atom is 0.287 e. The van der Waals surface area contributed by atoms with Crippen molar-refractivity contribution in [2.45, 2.75) is 33.2 Å². The Morgan fingerprint density at radius 2 is 2.17 bits per heavy atom. The van der Waals surface area contributed by atoms with Crippen molar-refractivity contribution in [1.29, 1.82) is 0 Å². The number of hydrogen-bond acceptors (Lipinski definition) is 4. The SMILES string of the molecule is C=C(C=CC=CCC)N(C(=O)c1nc(-c2cnn3ccccc23)c(Cl)s1)C(C)C. The second-order valence-corrected chi connectivity index (χ2v) is 8.29. The lowest BCUT2D eigenvalue weighted by atomic mass is 10.2. The van der Waals surface area contributed by atoms with Gasteiger partial charge in [-0.05, 0) is 38.5 Å². The van der Waals surface area contributed by atoms with Crippen molar-refractivity contribution in [3.8, 4) is 11.3 Å². The van der Waals surface area contributed by atoms with Crippen molar-refractivity contribution in [1.82, 2.24) is 19.5 Å². The van der Waals surface area contributed by atoms with Crippen molar-refractivity contribution in [3.05, 3.63) is 76.5 Å². The molecule has 29 heavy (non-hydrogen) atoms. The van der Waals surface area contributed by atoms with Crippen LogP contribution in [-0.2, 0) is 0 Å². The fraction of sp³-hybridized carbons (Fsp3) is 0.227. The molecule has 0 unspecified atom stereocenters. The quantitative estimate of drug-likeness (QED) is 0.435. The normalized spacial score (nSPS) is 11.9. The number of pyridine rings is 1. The summed E-state index contributed by atoms with van der Waals surface area (Å²) < 4.78 is 2.21. The zero-order valence-corrected chi connectivity index (χ0v) is 18.2. The second kappa shape index (κ2) is 9.20. The van der Waals surface area contributed by atoms with Crippen LogP contribution in [0.4, 0.5) is 0 Å². The van der Waals surface area contributed by atoms with Crippen LogP contribution in [0.15, 0.2) is 67.2 Å². The molecule has 1 amide bonds. The minimum atomic E-state index is -0.219. The van der Waals surface area contributed by atoms with Crippen molar-refractivity contribution in [2.75, 3.05) is 0 Å². The summed E-state index contributed by atoms with van der Waals surface area (Å²) in [6.07, 6.45) is 12.2. The molecule has 0 aliphatic rings. The Kier molecular flexibility index (Phi) is 6.67. The van der Waals surface area contributed by atoms with E-state index in [-0.39, 0.29) is 11.9 Å². The number of halogens is 1. The Balaban J connectivity index is 1.92. The molecule has 150 valence electrons.